The summed E-state index contributed by atoms with van der Waals surface area (Å²) in [6, 6.07) is 17.5. The number of nitrogens with one attached hydrogen (secondary N) is 1. The van der Waals surface area contributed by atoms with E-state index in [4.69, 9.17) is 0 Å². The Bertz CT molecular complexity index is 868. The summed E-state index contributed by atoms with van der Waals surface area (Å²) in [4.78, 5) is 22.7. The van der Waals surface area contributed by atoms with Crippen LogP contribution in [-0.2, 0) is 6.54 Å². The molecule has 132 valence electrons. The van der Waals surface area contributed by atoms with Crippen molar-refractivity contribution in [1.82, 2.24) is 15.3 Å². The highest BCUT2D eigenvalue weighted by molar-refractivity contribution is 5.93. The molecular weight excluding hydrogens is 331 g/mol. The van der Waals surface area contributed by atoms with E-state index in [9.17, 15) is 9.18 Å². The normalized spacial score (nSPS) is 10.4. The van der Waals surface area contributed by atoms with Crippen molar-refractivity contribution in [3.63, 3.8) is 0 Å². The van der Waals surface area contributed by atoms with Gasteiger partial charge < -0.3 is 10.2 Å². The van der Waals surface area contributed by atoms with Crippen molar-refractivity contribution < 1.29 is 9.18 Å². The fourth-order valence-corrected chi connectivity index (χ4v) is 2.58. The summed E-state index contributed by atoms with van der Waals surface area (Å²) >= 11 is 0. The third-order valence-corrected chi connectivity index (χ3v) is 3.91. The molecule has 0 aliphatic heterocycles. The van der Waals surface area contributed by atoms with Crippen molar-refractivity contribution in [3.8, 4) is 0 Å². The number of rotatable bonds is 6. The van der Waals surface area contributed by atoms with Crippen LogP contribution < -0.4 is 10.2 Å². The quantitative estimate of drug-likeness (QED) is 0.736. The van der Waals surface area contributed by atoms with E-state index in [1.54, 1.807) is 18.2 Å². The first-order valence-corrected chi connectivity index (χ1v) is 8.34. The predicted octanol–water partition coefficient (Wildman–Crippen LogP) is 3.70. The van der Waals surface area contributed by atoms with Gasteiger partial charge in [-0.25, -0.2) is 14.4 Å². The van der Waals surface area contributed by atoms with Crippen LogP contribution in [0.2, 0.25) is 0 Å². The molecule has 3 aromatic rings. The van der Waals surface area contributed by atoms with Crippen LogP contribution in [0.4, 0.5) is 15.9 Å². The van der Waals surface area contributed by atoms with Crippen molar-refractivity contribution in [2.45, 2.75) is 13.5 Å². The number of benzene rings is 2. The number of halogens is 1. The van der Waals surface area contributed by atoms with E-state index in [1.165, 1.54) is 18.5 Å². The SMILES string of the molecule is CCN(c1ccccc1)c1cc(C(=O)NCc2ccc(F)cc2)ncn1. The summed E-state index contributed by atoms with van der Waals surface area (Å²) in [5.41, 5.74) is 2.09. The molecule has 0 atom stereocenters. The average molecular weight is 350 g/mol. The van der Waals surface area contributed by atoms with E-state index >= 15 is 0 Å². The van der Waals surface area contributed by atoms with Gasteiger partial charge in [0.1, 0.15) is 23.7 Å². The van der Waals surface area contributed by atoms with Crippen LogP contribution in [0.5, 0.6) is 0 Å². The number of para-hydroxylation sites is 1. The van der Waals surface area contributed by atoms with Crippen molar-refractivity contribution in [2.75, 3.05) is 11.4 Å². The molecule has 26 heavy (non-hydrogen) atoms. The Labute approximate surface area is 151 Å². The van der Waals surface area contributed by atoms with Gasteiger partial charge in [0.25, 0.3) is 5.91 Å². The zero-order valence-corrected chi connectivity index (χ0v) is 14.4. The second-order valence-corrected chi connectivity index (χ2v) is 5.65. The highest BCUT2D eigenvalue weighted by Gasteiger charge is 2.13. The molecule has 0 radical (unpaired) electrons. The smallest absolute Gasteiger partial charge is 0.270 e. The summed E-state index contributed by atoms with van der Waals surface area (Å²) in [5, 5.41) is 2.79. The molecule has 5 nitrogen and oxygen atoms in total. The molecule has 0 saturated heterocycles. The van der Waals surface area contributed by atoms with Crippen LogP contribution in [0.3, 0.4) is 0 Å². The van der Waals surface area contributed by atoms with E-state index in [1.807, 2.05) is 42.2 Å². The van der Waals surface area contributed by atoms with Gasteiger partial charge in [0.15, 0.2) is 0 Å². The van der Waals surface area contributed by atoms with E-state index in [0.717, 1.165) is 11.3 Å². The van der Waals surface area contributed by atoms with Crippen molar-refractivity contribution in [1.29, 1.82) is 0 Å². The molecule has 1 N–H and O–H groups in total. The van der Waals surface area contributed by atoms with Gasteiger partial charge in [0.2, 0.25) is 0 Å². The zero-order valence-electron chi connectivity index (χ0n) is 14.4. The minimum Gasteiger partial charge on any atom is -0.347 e. The number of carbonyl (C=O) groups is 1. The Balaban J connectivity index is 1.73. The molecule has 3 rings (SSSR count). The summed E-state index contributed by atoms with van der Waals surface area (Å²) in [6.45, 7) is 3.02. The maximum atomic E-state index is 12.9. The molecule has 1 amide bonds. The monoisotopic (exact) mass is 350 g/mol. The predicted molar refractivity (Wildman–Crippen MR) is 98.7 cm³/mol. The van der Waals surface area contributed by atoms with Crippen LogP contribution in [0.1, 0.15) is 23.0 Å². The van der Waals surface area contributed by atoms with Crippen molar-refractivity contribution in [2.24, 2.45) is 0 Å². The molecule has 2 aromatic carbocycles. The van der Waals surface area contributed by atoms with Crippen LogP contribution in [0.15, 0.2) is 67.0 Å². The molecule has 0 bridgehead atoms. The average Bonchev–Trinajstić information content (AvgIpc) is 2.69. The number of aromatic nitrogens is 2. The minimum absolute atomic E-state index is 0.284. The van der Waals surface area contributed by atoms with Gasteiger partial charge in [-0.2, -0.15) is 0 Å². The maximum absolute atomic E-state index is 12.9. The number of amides is 1. The fraction of sp³-hybridized carbons (Fsp3) is 0.150. The molecule has 0 aliphatic rings. The topological polar surface area (TPSA) is 58.1 Å². The number of anilines is 2. The number of carbonyl (C=O) groups excluding carboxylic acids is 1. The van der Waals surface area contributed by atoms with Gasteiger partial charge in [0, 0.05) is 24.8 Å². The van der Waals surface area contributed by atoms with Crippen LogP contribution in [0.25, 0.3) is 0 Å². The Kier molecular flexibility index (Phi) is 5.53. The number of hydrogen-bond acceptors (Lipinski definition) is 4. The summed E-state index contributed by atoms with van der Waals surface area (Å²) in [7, 11) is 0. The van der Waals surface area contributed by atoms with Gasteiger partial charge in [-0.15, -0.1) is 0 Å². The van der Waals surface area contributed by atoms with Crippen LogP contribution in [-0.4, -0.2) is 22.4 Å². The summed E-state index contributed by atoms with van der Waals surface area (Å²) in [6.07, 6.45) is 1.38. The Morgan fingerprint density at radius 2 is 1.81 bits per heavy atom. The summed E-state index contributed by atoms with van der Waals surface area (Å²) in [5.74, 6) is 0.0452. The lowest BCUT2D eigenvalue weighted by molar-refractivity contribution is 0.0946. The Hall–Kier alpha value is -3.28. The first kappa shape index (κ1) is 17.5. The van der Waals surface area contributed by atoms with Crippen LogP contribution in [0, 0.1) is 5.82 Å². The molecular formula is C20H19FN4O. The largest absolute Gasteiger partial charge is 0.347 e. The second kappa shape index (κ2) is 8.20. The molecule has 0 fully saturated rings. The first-order chi connectivity index (χ1) is 12.7. The molecule has 1 aromatic heterocycles. The lowest BCUT2D eigenvalue weighted by Crippen LogP contribution is -2.25. The second-order valence-electron chi connectivity index (χ2n) is 5.65. The van der Waals surface area contributed by atoms with Gasteiger partial charge in [-0.05, 0) is 36.8 Å². The molecule has 0 spiro atoms. The molecule has 1 heterocycles. The number of hydrogen-bond donors (Lipinski definition) is 1. The lowest BCUT2D eigenvalue weighted by Gasteiger charge is -2.22. The molecule has 0 aliphatic carbocycles. The van der Waals surface area contributed by atoms with Gasteiger partial charge in [-0.3, -0.25) is 4.79 Å². The third-order valence-electron chi connectivity index (χ3n) is 3.91. The number of nitrogens with zero attached hydrogens (tertiary/aromatic N) is 3. The van der Waals surface area contributed by atoms with Crippen LogP contribution >= 0.6 is 0 Å². The Morgan fingerprint density at radius 1 is 1.08 bits per heavy atom. The minimum atomic E-state index is -0.305. The third kappa shape index (κ3) is 4.22. The molecule has 0 unspecified atom stereocenters. The van der Waals surface area contributed by atoms with E-state index in [0.29, 0.717) is 18.9 Å². The zero-order chi connectivity index (χ0) is 18.4. The van der Waals surface area contributed by atoms with Crippen molar-refractivity contribution >= 4 is 17.4 Å². The van der Waals surface area contributed by atoms with Crippen molar-refractivity contribution in [3.05, 3.63) is 84.1 Å². The Morgan fingerprint density at radius 3 is 2.50 bits per heavy atom. The summed E-state index contributed by atoms with van der Waals surface area (Å²) < 4.78 is 12.9. The standard InChI is InChI=1S/C20H19FN4O/c1-2-25(17-6-4-3-5-7-17)19-12-18(23-14-24-19)20(26)22-13-15-8-10-16(21)11-9-15/h3-12,14H,2,13H2,1H3,(H,22,26). The highest BCUT2D eigenvalue weighted by Crippen LogP contribution is 2.22. The maximum Gasteiger partial charge on any atom is 0.270 e. The van der Waals surface area contributed by atoms with E-state index < -0.39 is 0 Å². The van der Waals surface area contributed by atoms with Gasteiger partial charge in [0.05, 0.1) is 0 Å². The van der Waals surface area contributed by atoms with E-state index in [2.05, 4.69) is 15.3 Å². The lowest BCUT2D eigenvalue weighted by atomic mass is 10.2. The van der Waals surface area contributed by atoms with Gasteiger partial charge in [-0.1, -0.05) is 30.3 Å². The first-order valence-electron chi connectivity index (χ1n) is 8.34. The highest BCUT2D eigenvalue weighted by atomic mass is 19.1. The van der Waals surface area contributed by atoms with E-state index in [-0.39, 0.29) is 17.4 Å². The van der Waals surface area contributed by atoms with Gasteiger partial charge >= 0.3 is 0 Å². The molecule has 6 heteroatoms. The molecule has 0 saturated carbocycles. The fourth-order valence-electron chi connectivity index (χ4n) is 2.58.